The number of rotatable bonds is 16. The smallest absolute Gasteiger partial charge is 0.326 e. The van der Waals surface area contributed by atoms with Crippen LogP contribution in [0.5, 0.6) is 0 Å². The number of nitrogens with one attached hydrogen (secondary N) is 3. The van der Waals surface area contributed by atoms with E-state index in [9.17, 15) is 33.9 Å². The zero-order valence-electron chi connectivity index (χ0n) is 19.7. The molecule has 4 atom stereocenters. The lowest BCUT2D eigenvalue weighted by Gasteiger charge is -2.26. The van der Waals surface area contributed by atoms with E-state index < -0.39 is 78.4 Å². The minimum Gasteiger partial charge on any atom is -0.480 e. The lowest BCUT2D eigenvalue weighted by atomic mass is 10.0. The molecule has 0 bridgehead atoms. The van der Waals surface area contributed by atoms with Crippen molar-refractivity contribution in [3.63, 3.8) is 0 Å². The summed E-state index contributed by atoms with van der Waals surface area (Å²) in [5.74, 6) is -6.47. The molecule has 0 saturated heterocycles. The van der Waals surface area contributed by atoms with Crippen LogP contribution in [0.3, 0.4) is 0 Å². The summed E-state index contributed by atoms with van der Waals surface area (Å²) < 4.78 is 0. The van der Waals surface area contributed by atoms with Crippen molar-refractivity contribution in [2.24, 2.45) is 39.6 Å². The Morgan fingerprint density at radius 3 is 1.80 bits per heavy atom. The van der Waals surface area contributed by atoms with E-state index in [1.807, 2.05) is 0 Å². The molecule has 16 heteroatoms. The molecule has 35 heavy (non-hydrogen) atoms. The molecular weight excluding hydrogens is 466 g/mol. The van der Waals surface area contributed by atoms with Crippen molar-refractivity contribution in [1.29, 1.82) is 0 Å². The van der Waals surface area contributed by atoms with Crippen LogP contribution >= 0.6 is 0 Å². The van der Waals surface area contributed by atoms with Crippen molar-refractivity contribution in [2.75, 3.05) is 6.54 Å². The first-order chi connectivity index (χ1) is 16.1. The van der Waals surface area contributed by atoms with Crippen LogP contribution in [-0.2, 0) is 28.8 Å². The van der Waals surface area contributed by atoms with Gasteiger partial charge in [-0.1, -0.05) is 13.8 Å². The number of carbonyl (C=O) groups is 6. The second-order valence-electron chi connectivity index (χ2n) is 8.09. The third-order valence-corrected chi connectivity index (χ3v) is 4.60. The number of carbonyl (C=O) groups excluding carboxylic acids is 5. The topological polar surface area (TPSA) is 301 Å². The van der Waals surface area contributed by atoms with Crippen LogP contribution in [0.1, 0.15) is 39.5 Å². The number of primary amides is 2. The third kappa shape index (κ3) is 12.8. The van der Waals surface area contributed by atoms with Gasteiger partial charge in [0.05, 0.1) is 18.9 Å². The summed E-state index contributed by atoms with van der Waals surface area (Å²) >= 11 is 0. The third-order valence-electron chi connectivity index (χ3n) is 4.60. The van der Waals surface area contributed by atoms with Crippen LogP contribution < -0.4 is 44.6 Å². The molecule has 0 rings (SSSR count). The largest absolute Gasteiger partial charge is 0.480 e. The zero-order chi connectivity index (χ0) is 27.3. The fraction of sp³-hybridized carbons (Fsp3) is 0.632. The molecule has 0 aliphatic heterocycles. The number of nitrogens with zero attached hydrogens (tertiary/aromatic N) is 1. The summed E-state index contributed by atoms with van der Waals surface area (Å²) in [5, 5.41) is 16.3. The Balaban J connectivity index is 5.42. The minimum absolute atomic E-state index is 0.0441. The Hall–Kier alpha value is -3.95. The summed E-state index contributed by atoms with van der Waals surface area (Å²) in [7, 11) is 0. The molecule has 0 aliphatic carbocycles. The first-order valence-corrected chi connectivity index (χ1v) is 10.7. The summed E-state index contributed by atoms with van der Waals surface area (Å²) in [6, 6.07) is -5.41. The second-order valence-corrected chi connectivity index (χ2v) is 8.09. The van der Waals surface area contributed by atoms with Gasteiger partial charge in [0.15, 0.2) is 5.96 Å². The molecule has 0 saturated carbocycles. The minimum atomic E-state index is -1.53. The Morgan fingerprint density at radius 2 is 1.34 bits per heavy atom. The van der Waals surface area contributed by atoms with Gasteiger partial charge in [0.25, 0.3) is 0 Å². The highest BCUT2D eigenvalue weighted by Crippen LogP contribution is 2.06. The molecule has 16 nitrogen and oxygen atoms in total. The zero-order valence-corrected chi connectivity index (χ0v) is 19.7. The number of aliphatic imine (C=N–C) groups is 1. The molecule has 0 aromatic rings. The predicted molar refractivity (Wildman–Crippen MR) is 124 cm³/mol. The number of nitrogens with two attached hydrogens (primary N) is 5. The molecule has 14 N–H and O–H groups in total. The molecular formula is C19H35N9O7. The Bertz CT molecular complexity index is 827. The quantitative estimate of drug-likeness (QED) is 0.0552. The highest BCUT2D eigenvalue weighted by Gasteiger charge is 2.32. The lowest BCUT2D eigenvalue weighted by molar-refractivity contribution is -0.142. The van der Waals surface area contributed by atoms with Gasteiger partial charge in [0.1, 0.15) is 18.1 Å². The van der Waals surface area contributed by atoms with Gasteiger partial charge in [-0.05, 0) is 18.8 Å². The molecule has 0 fully saturated rings. The summed E-state index contributed by atoms with van der Waals surface area (Å²) in [6.45, 7) is 3.30. The monoisotopic (exact) mass is 501 g/mol. The molecule has 0 aliphatic rings. The number of hydrogen-bond donors (Lipinski definition) is 9. The van der Waals surface area contributed by atoms with E-state index in [2.05, 4.69) is 20.9 Å². The Kier molecular flexibility index (Phi) is 13.4. The fourth-order valence-corrected chi connectivity index (χ4v) is 2.81. The van der Waals surface area contributed by atoms with Crippen LogP contribution in [0.4, 0.5) is 0 Å². The highest BCUT2D eigenvalue weighted by molar-refractivity contribution is 5.96. The molecule has 0 aromatic heterocycles. The number of carboxylic acid groups (broad SMARTS) is 1. The van der Waals surface area contributed by atoms with Gasteiger partial charge in [-0.2, -0.15) is 0 Å². The molecule has 0 radical (unpaired) electrons. The van der Waals surface area contributed by atoms with Gasteiger partial charge < -0.3 is 49.7 Å². The second kappa shape index (κ2) is 15.0. The van der Waals surface area contributed by atoms with Crippen LogP contribution in [0.25, 0.3) is 0 Å². The average Bonchev–Trinajstić information content (AvgIpc) is 2.71. The van der Waals surface area contributed by atoms with E-state index >= 15 is 0 Å². The van der Waals surface area contributed by atoms with Gasteiger partial charge in [-0.3, -0.25) is 29.0 Å². The molecule has 198 valence electrons. The number of carboxylic acids is 1. The van der Waals surface area contributed by atoms with Crippen LogP contribution in [0.15, 0.2) is 4.99 Å². The molecule has 0 heterocycles. The number of amides is 5. The predicted octanol–water partition coefficient (Wildman–Crippen LogP) is -4.69. The first-order valence-electron chi connectivity index (χ1n) is 10.7. The number of hydrogen-bond acceptors (Lipinski definition) is 8. The van der Waals surface area contributed by atoms with E-state index in [1.165, 1.54) is 0 Å². The SMILES string of the molecule is CC(C)C(NC(=O)C(N)CC(N)=O)C(=O)NC(CC(N)=O)C(=O)NC(CCCN=C(N)N)C(=O)O. The van der Waals surface area contributed by atoms with E-state index in [-0.39, 0.29) is 25.3 Å². The number of aliphatic carboxylic acids is 1. The molecule has 5 amide bonds. The van der Waals surface area contributed by atoms with Crippen molar-refractivity contribution in [3.05, 3.63) is 0 Å². The standard InChI is InChI=1S/C19H35N9O7/c1-8(2)14(28-15(31)9(20)6-12(21)29)17(33)27-11(7-13(22)30)16(32)26-10(18(34)35)4-3-5-25-19(23)24/h8-11,14H,3-7,20H2,1-2H3,(H2,21,29)(H2,22,30)(H,26,32)(H,27,33)(H,28,31)(H,34,35)(H4,23,24,25). The molecule has 4 unspecified atom stereocenters. The van der Waals surface area contributed by atoms with Gasteiger partial charge in [-0.15, -0.1) is 0 Å². The lowest BCUT2D eigenvalue weighted by Crippen LogP contribution is -2.59. The first kappa shape index (κ1) is 31.0. The maximum Gasteiger partial charge on any atom is 0.326 e. The van der Waals surface area contributed by atoms with Crippen LogP contribution in [-0.4, -0.2) is 77.3 Å². The van der Waals surface area contributed by atoms with Crippen molar-refractivity contribution < 1.29 is 33.9 Å². The molecule has 0 spiro atoms. The van der Waals surface area contributed by atoms with Crippen molar-refractivity contribution in [2.45, 2.75) is 63.7 Å². The van der Waals surface area contributed by atoms with Crippen molar-refractivity contribution in [3.8, 4) is 0 Å². The summed E-state index contributed by atoms with van der Waals surface area (Å²) in [6.07, 6.45) is -0.922. The van der Waals surface area contributed by atoms with Gasteiger partial charge in [-0.25, -0.2) is 4.79 Å². The summed E-state index contributed by atoms with van der Waals surface area (Å²) in [4.78, 5) is 75.4. The van der Waals surface area contributed by atoms with Gasteiger partial charge >= 0.3 is 5.97 Å². The van der Waals surface area contributed by atoms with Crippen LogP contribution in [0.2, 0.25) is 0 Å². The Labute approximate surface area is 201 Å². The highest BCUT2D eigenvalue weighted by atomic mass is 16.4. The average molecular weight is 502 g/mol. The van der Waals surface area contributed by atoms with Crippen LogP contribution in [0, 0.1) is 5.92 Å². The van der Waals surface area contributed by atoms with E-state index in [4.69, 9.17) is 28.7 Å². The maximum absolute atomic E-state index is 12.8. The number of guanidine groups is 1. The van der Waals surface area contributed by atoms with E-state index in [0.29, 0.717) is 0 Å². The Morgan fingerprint density at radius 1 is 0.800 bits per heavy atom. The van der Waals surface area contributed by atoms with Crippen molar-refractivity contribution in [1.82, 2.24) is 16.0 Å². The van der Waals surface area contributed by atoms with E-state index in [1.54, 1.807) is 13.8 Å². The summed E-state index contributed by atoms with van der Waals surface area (Å²) in [5.41, 5.74) is 26.2. The van der Waals surface area contributed by atoms with E-state index in [0.717, 1.165) is 0 Å². The van der Waals surface area contributed by atoms with Gasteiger partial charge in [0.2, 0.25) is 29.5 Å². The fourth-order valence-electron chi connectivity index (χ4n) is 2.81. The van der Waals surface area contributed by atoms with Crippen molar-refractivity contribution >= 4 is 41.5 Å². The van der Waals surface area contributed by atoms with Gasteiger partial charge in [0, 0.05) is 6.54 Å². The maximum atomic E-state index is 12.8. The molecule has 0 aromatic carbocycles. The normalized spacial score (nSPS) is 14.1.